The zero-order valence-electron chi connectivity index (χ0n) is 11.7. The van der Waals surface area contributed by atoms with Crippen molar-refractivity contribution in [3.8, 4) is 5.75 Å². The number of carboxylic acids is 1. The molecular formula is C14H15FN2O4. The van der Waals surface area contributed by atoms with Crippen LogP contribution in [0.15, 0.2) is 22.7 Å². The number of aromatic nitrogens is 2. The summed E-state index contributed by atoms with van der Waals surface area (Å²) in [5, 5.41) is 12.5. The van der Waals surface area contributed by atoms with E-state index in [2.05, 4.69) is 10.1 Å². The third-order valence-corrected chi connectivity index (χ3v) is 2.63. The Bertz CT molecular complexity index is 640. The Hall–Kier alpha value is -2.44. The van der Waals surface area contributed by atoms with E-state index in [0.717, 1.165) is 12.1 Å². The molecule has 2 rings (SSSR count). The van der Waals surface area contributed by atoms with Crippen LogP contribution in [0.3, 0.4) is 0 Å². The van der Waals surface area contributed by atoms with Gasteiger partial charge in [0.2, 0.25) is 0 Å². The summed E-state index contributed by atoms with van der Waals surface area (Å²) in [4.78, 5) is 14.8. The first-order valence-electron chi connectivity index (χ1n) is 6.43. The Labute approximate surface area is 120 Å². The average Bonchev–Trinajstić information content (AvgIpc) is 2.82. The highest BCUT2D eigenvalue weighted by atomic mass is 19.1. The number of carboxylic acid groups (broad SMARTS) is 1. The fourth-order valence-corrected chi connectivity index (χ4v) is 1.70. The van der Waals surface area contributed by atoms with Gasteiger partial charge in [0.05, 0.1) is 5.56 Å². The maximum Gasteiger partial charge on any atom is 0.338 e. The minimum absolute atomic E-state index is 0.00302. The zero-order chi connectivity index (χ0) is 15.4. The third-order valence-electron chi connectivity index (χ3n) is 2.63. The van der Waals surface area contributed by atoms with Gasteiger partial charge in [-0.15, -0.1) is 0 Å². The van der Waals surface area contributed by atoms with Gasteiger partial charge in [0.25, 0.3) is 5.89 Å². The second kappa shape index (κ2) is 6.34. The molecule has 0 amide bonds. The van der Waals surface area contributed by atoms with Gasteiger partial charge in [-0.1, -0.05) is 19.0 Å². The standard InChI is InChI=1S/C14H15FN2O4/c1-8(2)5-12-16-13(21-17-12)7-20-9-3-4-10(14(18)19)11(15)6-9/h3-4,6,8H,5,7H2,1-2H3,(H,18,19). The van der Waals surface area contributed by atoms with Crippen molar-refractivity contribution in [2.45, 2.75) is 26.9 Å². The lowest BCUT2D eigenvalue weighted by atomic mass is 10.1. The molecule has 2 aromatic rings. The average molecular weight is 294 g/mol. The van der Waals surface area contributed by atoms with Crippen molar-refractivity contribution >= 4 is 5.97 Å². The lowest BCUT2D eigenvalue weighted by Crippen LogP contribution is -2.02. The number of hydrogen-bond acceptors (Lipinski definition) is 5. The molecule has 0 spiro atoms. The van der Waals surface area contributed by atoms with E-state index in [1.54, 1.807) is 0 Å². The van der Waals surface area contributed by atoms with E-state index in [-0.39, 0.29) is 18.2 Å². The SMILES string of the molecule is CC(C)Cc1noc(COc2ccc(C(=O)O)c(F)c2)n1. The molecule has 0 saturated carbocycles. The molecule has 0 saturated heterocycles. The molecule has 0 atom stereocenters. The summed E-state index contributed by atoms with van der Waals surface area (Å²) < 4.78 is 23.8. The number of rotatable bonds is 6. The van der Waals surface area contributed by atoms with Crippen LogP contribution in [0, 0.1) is 11.7 Å². The molecule has 6 nitrogen and oxygen atoms in total. The van der Waals surface area contributed by atoms with E-state index >= 15 is 0 Å². The van der Waals surface area contributed by atoms with E-state index < -0.39 is 17.3 Å². The molecule has 0 bridgehead atoms. The van der Waals surface area contributed by atoms with E-state index in [4.69, 9.17) is 14.4 Å². The number of aromatic carboxylic acids is 1. The lowest BCUT2D eigenvalue weighted by molar-refractivity contribution is 0.0691. The minimum atomic E-state index is -1.32. The predicted molar refractivity (Wildman–Crippen MR) is 70.5 cm³/mol. The molecule has 0 aliphatic rings. The number of benzene rings is 1. The fraction of sp³-hybridized carbons (Fsp3) is 0.357. The topological polar surface area (TPSA) is 85.5 Å². The first kappa shape index (κ1) is 15.0. The summed E-state index contributed by atoms with van der Waals surface area (Å²) in [5.74, 6) is -0.695. The van der Waals surface area contributed by atoms with E-state index in [9.17, 15) is 9.18 Å². The van der Waals surface area contributed by atoms with Gasteiger partial charge >= 0.3 is 5.97 Å². The Morgan fingerprint density at radius 2 is 2.24 bits per heavy atom. The van der Waals surface area contributed by atoms with E-state index in [1.165, 1.54) is 6.07 Å². The quantitative estimate of drug-likeness (QED) is 0.881. The van der Waals surface area contributed by atoms with Crippen LogP contribution in [0.25, 0.3) is 0 Å². The van der Waals surface area contributed by atoms with Crippen LogP contribution in [-0.2, 0) is 13.0 Å². The van der Waals surface area contributed by atoms with Crippen molar-refractivity contribution in [3.05, 3.63) is 41.3 Å². The van der Waals surface area contributed by atoms with Crippen LogP contribution >= 0.6 is 0 Å². The highest BCUT2D eigenvalue weighted by Gasteiger charge is 2.12. The summed E-state index contributed by atoms with van der Waals surface area (Å²) in [5.41, 5.74) is -0.403. The maximum atomic E-state index is 13.5. The van der Waals surface area contributed by atoms with Crippen molar-refractivity contribution in [2.24, 2.45) is 5.92 Å². The normalized spacial score (nSPS) is 10.9. The van der Waals surface area contributed by atoms with Crippen LogP contribution in [-0.4, -0.2) is 21.2 Å². The van der Waals surface area contributed by atoms with Gasteiger partial charge in [0.15, 0.2) is 12.4 Å². The molecule has 1 heterocycles. The molecule has 1 N–H and O–H groups in total. The molecular weight excluding hydrogens is 279 g/mol. The third kappa shape index (κ3) is 4.01. The van der Waals surface area contributed by atoms with Crippen molar-refractivity contribution in [3.63, 3.8) is 0 Å². The molecule has 0 fully saturated rings. The number of halogens is 1. The second-order valence-electron chi connectivity index (χ2n) is 4.94. The predicted octanol–water partition coefficient (Wildman–Crippen LogP) is 2.68. The monoisotopic (exact) mass is 294 g/mol. The first-order chi connectivity index (χ1) is 9.95. The number of nitrogens with zero attached hydrogens (tertiary/aromatic N) is 2. The van der Waals surface area contributed by atoms with Crippen molar-refractivity contribution in [1.29, 1.82) is 0 Å². The largest absolute Gasteiger partial charge is 0.484 e. The van der Waals surface area contributed by atoms with Crippen molar-refractivity contribution in [2.75, 3.05) is 0 Å². The molecule has 1 aromatic heterocycles. The molecule has 1 aromatic carbocycles. The van der Waals surface area contributed by atoms with Crippen molar-refractivity contribution < 1.29 is 23.6 Å². The molecule has 0 radical (unpaired) electrons. The Kier molecular flexibility index (Phi) is 4.52. The van der Waals surface area contributed by atoms with Crippen LogP contribution < -0.4 is 4.74 Å². The number of hydrogen-bond donors (Lipinski definition) is 1. The Morgan fingerprint density at radius 3 is 2.86 bits per heavy atom. The molecule has 21 heavy (non-hydrogen) atoms. The van der Waals surface area contributed by atoms with Crippen LogP contribution in [0.5, 0.6) is 5.75 Å². The highest BCUT2D eigenvalue weighted by molar-refractivity contribution is 5.88. The fourth-order valence-electron chi connectivity index (χ4n) is 1.70. The Morgan fingerprint density at radius 1 is 1.48 bits per heavy atom. The lowest BCUT2D eigenvalue weighted by Gasteiger charge is -2.04. The van der Waals surface area contributed by atoms with E-state index in [1.807, 2.05) is 13.8 Å². The van der Waals surface area contributed by atoms with Gasteiger partial charge in [-0.3, -0.25) is 0 Å². The first-order valence-corrected chi connectivity index (χ1v) is 6.43. The molecule has 112 valence electrons. The summed E-state index contributed by atoms with van der Waals surface area (Å²) in [7, 11) is 0. The van der Waals surface area contributed by atoms with Gasteiger partial charge < -0.3 is 14.4 Å². The van der Waals surface area contributed by atoms with Crippen LogP contribution in [0.1, 0.15) is 35.9 Å². The number of ether oxygens (including phenoxy) is 1. The summed E-state index contributed by atoms with van der Waals surface area (Å²) in [6.45, 7) is 4.08. The van der Waals surface area contributed by atoms with Crippen LogP contribution in [0.4, 0.5) is 4.39 Å². The minimum Gasteiger partial charge on any atom is -0.484 e. The maximum absolute atomic E-state index is 13.5. The van der Waals surface area contributed by atoms with Gasteiger partial charge in [-0.2, -0.15) is 4.98 Å². The van der Waals surface area contributed by atoms with E-state index in [0.29, 0.717) is 18.2 Å². The van der Waals surface area contributed by atoms with Gasteiger partial charge in [-0.25, -0.2) is 9.18 Å². The summed E-state index contributed by atoms with van der Waals surface area (Å²) in [6.07, 6.45) is 0.700. The van der Waals surface area contributed by atoms with Gasteiger partial charge in [0.1, 0.15) is 11.6 Å². The summed E-state index contributed by atoms with van der Waals surface area (Å²) in [6, 6.07) is 3.53. The number of carbonyl (C=O) groups is 1. The zero-order valence-corrected chi connectivity index (χ0v) is 11.7. The highest BCUT2D eigenvalue weighted by Crippen LogP contribution is 2.18. The Balaban J connectivity index is 1.98. The van der Waals surface area contributed by atoms with Gasteiger partial charge in [-0.05, 0) is 18.1 Å². The van der Waals surface area contributed by atoms with Crippen molar-refractivity contribution in [1.82, 2.24) is 10.1 Å². The second-order valence-corrected chi connectivity index (χ2v) is 4.94. The van der Waals surface area contributed by atoms with Crippen LogP contribution in [0.2, 0.25) is 0 Å². The molecule has 0 aliphatic heterocycles. The smallest absolute Gasteiger partial charge is 0.338 e. The molecule has 7 heteroatoms. The summed E-state index contributed by atoms with van der Waals surface area (Å²) >= 11 is 0. The molecule has 0 aliphatic carbocycles. The van der Waals surface area contributed by atoms with Gasteiger partial charge in [0, 0.05) is 12.5 Å². The molecule has 0 unspecified atom stereocenters.